The van der Waals surface area contributed by atoms with Gasteiger partial charge in [0.25, 0.3) is 0 Å². The van der Waals surface area contributed by atoms with E-state index in [0.29, 0.717) is 16.1 Å². The summed E-state index contributed by atoms with van der Waals surface area (Å²) in [6.07, 6.45) is -0.577. The molecule has 0 radical (unpaired) electrons. The van der Waals surface area contributed by atoms with E-state index in [-0.39, 0.29) is 6.54 Å². The Kier molecular flexibility index (Phi) is 8.32. The monoisotopic (exact) mass is 391 g/mol. The number of amides is 1. The molecule has 2 aromatic rings. The molecule has 0 aliphatic rings. The summed E-state index contributed by atoms with van der Waals surface area (Å²) >= 11 is 5.96. The third-order valence-electron chi connectivity index (χ3n) is 3.74. The van der Waals surface area contributed by atoms with E-state index >= 15 is 0 Å². The highest BCUT2D eigenvalue weighted by Crippen LogP contribution is 2.30. The summed E-state index contributed by atoms with van der Waals surface area (Å²) in [5.41, 5.74) is 0.400. The number of hydrogen-bond acceptors (Lipinski definition) is 3. The van der Waals surface area contributed by atoms with Crippen LogP contribution in [0.15, 0.2) is 48.5 Å². The lowest BCUT2D eigenvalue weighted by molar-refractivity contribution is 0.0393. The van der Waals surface area contributed by atoms with Crippen LogP contribution in [0, 0.1) is 6.92 Å². The van der Waals surface area contributed by atoms with Crippen molar-refractivity contribution in [2.45, 2.75) is 52.7 Å². The fraction of sp³-hybridized carbons (Fsp3) is 0.409. The Balaban J connectivity index is 0.00000176. The van der Waals surface area contributed by atoms with Crippen LogP contribution in [0.25, 0.3) is 0 Å². The third kappa shape index (κ3) is 6.89. The minimum atomic E-state index is -1.39. The van der Waals surface area contributed by atoms with Gasteiger partial charge in [0.15, 0.2) is 0 Å². The van der Waals surface area contributed by atoms with Crippen molar-refractivity contribution in [1.82, 2.24) is 5.32 Å². The SMILES string of the molecule is CC.Cc1ccc(C(O)(CNC(=O)OC(C)(C)C)c2ccc(Cl)cc2)cc1. The van der Waals surface area contributed by atoms with E-state index in [1.807, 2.05) is 45.0 Å². The van der Waals surface area contributed by atoms with E-state index in [9.17, 15) is 9.90 Å². The average Bonchev–Trinajstić information content (AvgIpc) is 2.61. The topological polar surface area (TPSA) is 58.6 Å². The Morgan fingerprint density at radius 1 is 1.00 bits per heavy atom. The molecule has 0 saturated carbocycles. The molecule has 0 aromatic heterocycles. The van der Waals surface area contributed by atoms with Crippen molar-refractivity contribution < 1.29 is 14.6 Å². The quantitative estimate of drug-likeness (QED) is 0.729. The lowest BCUT2D eigenvalue weighted by Gasteiger charge is -2.30. The molecule has 148 valence electrons. The predicted molar refractivity (Wildman–Crippen MR) is 111 cm³/mol. The van der Waals surface area contributed by atoms with Crippen molar-refractivity contribution in [3.8, 4) is 0 Å². The number of rotatable bonds is 4. The second-order valence-corrected chi connectivity index (χ2v) is 7.53. The molecule has 0 heterocycles. The van der Waals surface area contributed by atoms with Crippen molar-refractivity contribution in [1.29, 1.82) is 0 Å². The largest absolute Gasteiger partial charge is 0.444 e. The number of nitrogens with one attached hydrogen (secondary N) is 1. The molecular formula is C22H30ClNO3. The highest BCUT2D eigenvalue weighted by Gasteiger charge is 2.32. The van der Waals surface area contributed by atoms with Gasteiger partial charge in [-0.05, 0) is 51.0 Å². The van der Waals surface area contributed by atoms with Crippen LogP contribution in [-0.4, -0.2) is 23.3 Å². The van der Waals surface area contributed by atoms with Crippen LogP contribution in [0.3, 0.4) is 0 Å². The van der Waals surface area contributed by atoms with Gasteiger partial charge in [0.05, 0.1) is 6.54 Å². The first kappa shape index (κ1) is 23.0. The smallest absolute Gasteiger partial charge is 0.407 e. The minimum absolute atomic E-state index is 0.0212. The lowest BCUT2D eigenvalue weighted by Crippen LogP contribution is -2.43. The number of benzene rings is 2. The minimum Gasteiger partial charge on any atom is -0.444 e. The normalized spacial score (nSPS) is 13.0. The van der Waals surface area contributed by atoms with Crippen molar-refractivity contribution in [2.24, 2.45) is 0 Å². The van der Waals surface area contributed by atoms with E-state index in [1.54, 1.807) is 45.0 Å². The molecule has 0 saturated heterocycles. The van der Waals surface area contributed by atoms with E-state index in [4.69, 9.17) is 16.3 Å². The van der Waals surface area contributed by atoms with Gasteiger partial charge in [-0.2, -0.15) is 0 Å². The summed E-state index contributed by atoms with van der Waals surface area (Å²) in [5, 5.41) is 14.6. The number of alkyl carbamates (subject to hydrolysis) is 1. The van der Waals surface area contributed by atoms with Crippen LogP contribution in [0.1, 0.15) is 51.3 Å². The summed E-state index contributed by atoms with van der Waals surface area (Å²) in [4.78, 5) is 12.0. The molecule has 2 aromatic carbocycles. The van der Waals surface area contributed by atoms with Crippen molar-refractivity contribution in [3.63, 3.8) is 0 Å². The zero-order chi connectivity index (χ0) is 20.7. The van der Waals surface area contributed by atoms with Crippen LogP contribution in [0.2, 0.25) is 5.02 Å². The molecule has 0 aliphatic heterocycles. The van der Waals surface area contributed by atoms with Crippen molar-refractivity contribution in [3.05, 3.63) is 70.2 Å². The molecule has 0 spiro atoms. The van der Waals surface area contributed by atoms with E-state index in [1.165, 1.54) is 0 Å². The number of carbonyl (C=O) groups excluding carboxylic acids is 1. The first-order chi connectivity index (χ1) is 12.6. The summed E-state index contributed by atoms with van der Waals surface area (Å²) < 4.78 is 5.26. The second kappa shape index (κ2) is 9.77. The first-order valence-electron chi connectivity index (χ1n) is 9.12. The molecular weight excluding hydrogens is 362 g/mol. The van der Waals surface area contributed by atoms with E-state index in [0.717, 1.165) is 5.56 Å². The van der Waals surface area contributed by atoms with Gasteiger partial charge in [-0.1, -0.05) is 67.4 Å². The number of carbonyl (C=O) groups is 1. The van der Waals surface area contributed by atoms with Crippen LogP contribution < -0.4 is 5.32 Å². The van der Waals surface area contributed by atoms with Crippen LogP contribution in [0.5, 0.6) is 0 Å². The molecule has 2 rings (SSSR count). The summed E-state index contributed by atoms with van der Waals surface area (Å²) in [5.74, 6) is 0. The maximum Gasteiger partial charge on any atom is 0.407 e. The van der Waals surface area contributed by atoms with Gasteiger partial charge >= 0.3 is 6.09 Å². The fourth-order valence-corrected chi connectivity index (χ4v) is 2.57. The Labute approximate surface area is 167 Å². The maximum atomic E-state index is 12.0. The Hall–Kier alpha value is -2.04. The first-order valence-corrected chi connectivity index (χ1v) is 9.50. The van der Waals surface area contributed by atoms with Crippen LogP contribution in [0.4, 0.5) is 4.79 Å². The summed E-state index contributed by atoms with van der Waals surface area (Å²) in [7, 11) is 0. The molecule has 27 heavy (non-hydrogen) atoms. The van der Waals surface area contributed by atoms with Crippen molar-refractivity contribution in [2.75, 3.05) is 6.54 Å². The van der Waals surface area contributed by atoms with Gasteiger partial charge in [0, 0.05) is 5.02 Å². The van der Waals surface area contributed by atoms with Gasteiger partial charge in [-0.3, -0.25) is 0 Å². The lowest BCUT2D eigenvalue weighted by atomic mass is 9.86. The van der Waals surface area contributed by atoms with Gasteiger partial charge in [-0.15, -0.1) is 0 Å². The van der Waals surface area contributed by atoms with Crippen LogP contribution >= 0.6 is 11.6 Å². The highest BCUT2D eigenvalue weighted by molar-refractivity contribution is 6.30. The Morgan fingerprint density at radius 2 is 1.44 bits per heavy atom. The molecule has 1 amide bonds. The van der Waals surface area contributed by atoms with Crippen molar-refractivity contribution >= 4 is 17.7 Å². The Bertz CT molecular complexity index is 673. The molecule has 0 bridgehead atoms. The molecule has 5 heteroatoms. The van der Waals surface area contributed by atoms with Gasteiger partial charge in [0.2, 0.25) is 0 Å². The standard InChI is InChI=1S/C20H24ClNO3.C2H6/c1-14-5-7-15(8-6-14)20(24,16-9-11-17(21)12-10-16)13-22-18(23)25-19(2,3)4;1-2/h5-12,24H,13H2,1-4H3,(H,22,23);1-2H3. The van der Waals surface area contributed by atoms with E-state index in [2.05, 4.69) is 5.32 Å². The molecule has 4 nitrogen and oxygen atoms in total. The number of ether oxygens (including phenoxy) is 1. The van der Waals surface area contributed by atoms with Gasteiger partial charge in [-0.25, -0.2) is 4.79 Å². The fourth-order valence-electron chi connectivity index (χ4n) is 2.44. The van der Waals surface area contributed by atoms with Gasteiger partial charge in [0.1, 0.15) is 11.2 Å². The molecule has 0 aliphatic carbocycles. The number of hydrogen-bond donors (Lipinski definition) is 2. The second-order valence-electron chi connectivity index (χ2n) is 7.09. The summed E-state index contributed by atoms with van der Waals surface area (Å²) in [6.45, 7) is 11.3. The third-order valence-corrected chi connectivity index (χ3v) is 3.99. The van der Waals surface area contributed by atoms with Gasteiger partial charge < -0.3 is 15.2 Å². The number of aliphatic hydroxyl groups is 1. The predicted octanol–water partition coefficient (Wildman–Crippen LogP) is 5.44. The van der Waals surface area contributed by atoms with E-state index < -0.39 is 17.3 Å². The Morgan fingerprint density at radius 3 is 1.89 bits per heavy atom. The number of aryl methyl sites for hydroxylation is 1. The van der Waals surface area contributed by atoms with Crippen LogP contribution in [-0.2, 0) is 10.3 Å². The molecule has 1 unspecified atom stereocenters. The average molecular weight is 392 g/mol. The molecule has 2 N–H and O–H groups in total. The number of halogens is 1. The highest BCUT2D eigenvalue weighted by atomic mass is 35.5. The molecule has 1 atom stereocenters. The zero-order valence-corrected chi connectivity index (χ0v) is 17.7. The maximum absolute atomic E-state index is 12.0. The molecule has 0 fully saturated rings. The zero-order valence-electron chi connectivity index (χ0n) is 17.0. The summed E-state index contributed by atoms with van der Waals surface area (Å²) in [6, 6.07) is 14.5.